The number of rotatable bonds is 6. The van der Waals surface area contributed by atoms with Gasteiger partial charge in [0.1, 0.15) is 5.75 Å². The smallest absolute Gasteiger partial charge is 0.435 e. The van der Waals surface area contributed by atoms with Crippen molar-refractivity contribution in [1.82, 2.24) is 15.1 Å². The minimum absolute atomic E-state index is 0.0704. The average molecular weight is 493 g/mol. The number of amides is 1. The minimum Gasteiger partial charge on any atom is -0.495 e. The number of nitrogens with one attached hydrogen (secondary N) is 1. The van der Waals surface area contributed by atoms with Crippen LogP contribution in [0.25, 0.3) is 0 Å². The molecule has 176 valence electrons. The van der Waals surface area contributed by atoms with Gasteiger partial charge in [0, 0.05) is 31.8 Å². The van der Waals surface area contributed by atoms with Crippen molar-refractivity contribution in [2.75, 3.05) is 25.1 Å². The molecule has 1 fully saturated rings. The third-order valence-corrected chi connectivity index (χ3v) is 6.30. The van der Waals surface area contributed by atoms with Gasteiger partial charge < -0.3 is 15.0 Å². The van der Waals surface area contributed by atoms with E-state index in [1.165, 1.54) is 18.7 Å². The van der Waals surface area contributed by atoms with Crippen molar-refractivity contribution in [3.05, 3.63) is 39.6 Å². The number of aryl methyl sites for hydroxylation is 1. The maximum absolute atomic E-state index is 13.0. The number of alkyl halides is 3. The quantitative estimate of drug-likeness (QED) is 0.619. The van der Waals surface area contributed by atoms with Gasteiger partial charge in [0.05, 0.1) is 35.4 Å². The van der Waals surface area contributed by atoms with Crippen LogP contribution in [0.3, 0.4) is 0 Å². The van der Waals surface area contributed by atoms with Crippen molar-refractivity contribution in [2.24, 2.45) is 5.92 Å². The zero-order valence-electron chi connectivity index (χ0n) is 18.0. The maximum atomic E-state index is 13.0. The van der Waals surface area contributed by atoms with Gasteiger partial charge in [0.2, 0.25) is 5.91 Å². The van der Waals surface area contributed by atoms with Crippen LogP contribution < -0.4 is 15.0 Å². The average Bonchev–Trinajstić information content (AvgIpc) is 3.08. The topological polar surface area (TPSA) is 59.4 Å². The van der Waals surface area contributed by atoms with Crippen molar-refractivity contribution in [3.63, 3.8) is 0 Å². The van der Waals surface area contributed by atoms with Crippen molar-refractivity contribution in [1.29, 1.82) is 0 Å². The first-order valence-electron chi connectivity index (χ1n) is 10.2. The number of carbonyl (C=O) groups excluding carboxylic acids is 1. The Balaban J connectivity index is 1.73. The normalized spacial score (nSPS) is 16.2. The summed E-state index contributed by atoms with van der Waals surface area (Å²) in [5, 5.41) is 7.55. The fourth-order valence-corrected chi connectivity index (χ4v) is 4.63. The highest BCUT2D eigenvalue weighted by Crippen LogP contribution is 2.38. The molecule has 1 saturated heterocycles. The Kier molecular flexibility index (Phi) is 7.50. The summed E-state index contributed by atoms with van der Waals surface area (Å²) in [5.41, 5.74) is 0.267. The predicted molar refractivity (Wildman–Crippen MR) is 118 cm³/mol. The summed E-state index contributed by atoms with van der Waals surface area (Å²) >= 11 is 12.5. The first-order chi connectivity index (χ1) is 15.0. The second-order valence-corrected chi connectivity index (χ2v) is 8.73. The Hall–Kier alpha value is -2.13. The van der Waals surface area contributed by atoms with Crippen LogP contribution in [0.2, 0.25) is 10.0 Å². The molecule has 0 aliphatic carbocycles. The summed E-state index contributed by atoms with van der Waals surface area (Å²) in [6.45, 7) is 4.47. The van der Waals surface area contributed by atoms with E-state index in [0.29, 0.717) is 34.6 Å². The van der Waals surface area contributed by atoms with Crippen LogP contribution in [0.4, 0.5) is 18.9 Å². The standard InChI is InChI=1S/C21H25Cl2F3N4O2/c1-12-8-20(21(24,25)26)28-30(12)11-17(27-13(2)31)14-4-6-29(7-5-14)18-10-19(32-3)16(23)9-15(18)22/h8-10,14,17H,4-7,11H2,1-3H3,(H,27,31). The van der Waals surface area contributed by atoms with Gasteiger partial charge in [-0.2, -0.15) is 18.3 Å². The summed E-state index contributed by atoms with van der Waals surface area (Å²) < 4.78 is 45.7. The van der Waals surface area contributed by atoms with Crippen LogP contribution in [-0.2, 0) is 17.5 Å². The molecule has 0 radical (unpaired) electrons. The zero-order chi connectivity index (χ0) is 23.6. The van der Waals surface area contributed by atoms with Crippen molar-refractivity contribution < 1.29 is 22.7 Å². The number of piperidine rings is 1. The number of anilines is 1. The second-order valence-electron chi connectivity index (χ2n) is 7.92. The van der Waals surface area contributed by atoms with E-state index in [-0.39, 0.29) is 24.4 Å². The molecule has 3 rings (SSSR count). The largest absolute Gasteiger partial charge is 0.495 e. The number of hydrogen-bond acceptors (Lipinski definition) is 4. The number of methoxy groups -OCH3 is 1. The number of benzene rings is 1. The Bertz CT molecular complexity index is 973. The van der Waals surface area contributed by atoms with Crippen LogP contribution in [0.5, 0.6) is 5.75 Å². The number of aromatic nitrogens is 2. The van der Waals surface area contributed by atoms with E-state index in [1.807, 2.05) is 0 Å². The van der Waals surface area contributed by atoms with E-state index in [2.05, 4.69) is 15.3 Å². The molecule has 1 unspecified atom stereocenters. The number of hydrogen-bond donors (Lipinski definition) is 1. The third-order valence-electron chi connectivity index (χ3n) is 5.70. The van der Waals surface area contributed by atoms with Gasteiger partial charge in [-0.25, -0.2) is 0 Å². The Labute approximate surface area is 194 Å². The monoisotopic (exact) mass is 492 g/mol. The van der Waals surface area contributed by atoms with E-state index in [9.17, 15) is 18.0 Å². The van der Waals surface area contributed by atoms with Gasteiger partial charge in [-0.1, -0.05) is 23.2 Å². The van der Waals surface area contributed by atoms with E-state index in [4.69, 9.17) is 27.9 Å². The lowest BCUT2D eigenvalue weighted by Gasteiger charge is -2.38. The molecule has 32 heavy (non-hydrogen) atoms. The lowest BCUT2D eigenvalue weighted by molar-refractivity contribution is -0.141. The van der Waals surface area contributed by atoms with Gasteiger partial charge in [-0.15, -0.1) is 0 Å². The molecule has 11 heteroatoms. The Morgan fingerprint density at radius 2 is 1.91 bits per heavy atom. The predicted octanol–water partition coefficient (Wildman–Crippen LogP) is 4.95. The molecule has 1 N–H and O–H groups in total. The van der Waals surface area contributed by atoms with E-state index in [0.717, 1.165) is 24.6 Å². The zero-order valence-corrected chi connectivity index (χ0v) is 19.5. The van der Waals surface area contributed by atoms with Crippen LogP contribution in [0.15, 0.2) is 18.2 Å². The molecular formula is C21H25Cl2F3N4O2. The van der Waals surface area contributed by atoms with Gasteiger partial charge in [-0.05, 0) is 37.8 Å². The SMILES string of the molecule is COc1cc(N2CCC(C(Cn3nc(C(F)(F)F)cc3C)NC(C)=O)CC2)c(Cl)cc1Cl. The van der Waals surface area contributed by atoms with Crippen molar-refractivity contribution in [2.45, 2.75) is 45.5 Å². The summed E-state index contributed by atoms with van der Waals surface area (Å²) in [6, 6.07) is 4.11. The summed E-state index contributed by atoms with van der Waals surface area (Å²) in [7, 11) is 1.53. The van der Waals surface area contributed by atoms with Gasteiger partial charge >= 0.3 is 6.18 Å². The highest BCUT2D eigenvalue weighted by Gasteiger charge is 2.35. The minimum atomic E-state index is -4.51. The fourth-order valence-electron chi connectivity index (χ4n) is 4.05. The van der Waals surface area contributed by atoms with E-state index in [1.54, 1.807) is 19.1 Å². The van der Waals surface area contributed by atoms with Gasteiger partial charge in [-0.3, -0.25) is 9.48 Å². The summed E-state index contributed by atoms with van der Waals surface area (Å²) in [5.74, 6) is 0.365. The van der Waals surface area contributed by atoms with E-state index >= 15 is 0 Å². The summed E-state index contributed by atoms with van der Waals surface area (Å²) in [4.78, 5) is 13.9. The van der Waals surface area contributed by atoms with Crippen LogP contribution >= 0.6 is 23.2 Å². The molecule has 2 aromatic rings. The second kappa shape index (κ2) is 9.79. The Morgan fingerprint density at radius 1 is 1.25 bits per heavy atom. The molecule has 2 heterocycles. The lowest BCUT2D eigenvalue weighted by Crippen LogP contribution is -2.47. The first kappa shape index (κ1) is 24.5. The maximum Gasteiger partial charge on any atom is 0.435 e. The van der Waals surface area contributed by atoms with Gasteiger partial charge in [0.25, 0.3) is 0 Å². The molecule has 1 atom stereocenters. The Morgan fingerprint density at radius 3 is 2.44 bits per heavy atom. The van der Waals surface area contributed by atoms with Crippen molar-refractivity contribution in [3.8, 4) is 5.75 Å². The molecule has 6 nitrogen and oxygen atoms in total. The third kappa shape index (κ3) is 5.61. The molecule has 1 aromatic carbocycles. The van der Waals surface area contributed by atoms with Crippen molar-refractivity contribution >= 4 is 34.8 Å². The first-order valence-corrected chi connectivity index (χ1v) is 10.9. The van der Waals surface area contributed by atoms with Gasteiger partial charge in [0.15, 0.2) is 5.69 Å². The molecular weight excluding hydrogens is 468 g/mol. The number of carbonyl (C=O) groups is 1. The number of nitrogens with zero attached hydrogens (tertiary/aromatic N) is 3. The van der Waals surface area contributed by atoms with Crippen LogP contribution in [0.1, 0.15) is 31.2 Å². The summed E-state index contributed by atoms with van der Waals surface area (Å²) in [6.07, 6.45) is -3.07. The molecule has 1 aliphatic heterocycles. The van der Waals surface area contributed by atoms with E-state index < -0.39 is 11.9 Å². The highest BCUT2D eigenvalue weighted by molar-refractivity contribution is 6.37. The lowest BCUT2D eigenvalue weighted by atomic mass is 9.88. The number of halogens is 5. The van der Waals surface area contributed by atoms with Crippen LogP contribution in [0, 0.1) is 12.8 Å². The number of ether oxygens (including phenoxy) is 1. The van der Waals surface area contributed by atoms with Crippen LogP contribution in [-0.4, -0.2) is 41.9 Å². The molecule has 1 amide bonds. The molecule has 1 aliphatic rings. The molecule has 0 bridgehead atoms. The molecule has 1 aromatic heterocycles. The fraction of sp³-hybridized carbons (Fsp3) is 0.524. The molecule has 0 saturated carbocycles. The molecule has 0 spiro atoms. The highest BCUT2D eigenvalue weighted by atomic mass is 35.5.